The first-order valence-corrected chi connectivity index (χ1v) is 12.9. The van der Waals surface area contributed by atoms with E-state index in [9.17, 15) is 4.79 Å². The predicted molar refractivity (Wildman–Crippen MR) is 149 cm³/mol. The molecule has 2 aromatic rings. The first kappa shape index (κ1) is 25.8. The molecule has 2 N–H and O–H groups in total. The van der Waals surface area contributed by atoms with Gasteiger partial charge in [-0.25, -0.2) is 10.2 Å². The molecule has 1 fully saturated rings. The van der Waals surface area contributed by atoms with Crippen molar-refractivity contribution in [2.45, 2.75) is 26.7 Å². The number of anilines is 2. The highest BCUT2D eigenvalue weighted by Crippen LogP contribution is 2.35. The van der Waals surface area contributed by atoms with Crippen LogP contribution in [0.2, 0.25) is 5.02 Å². The second kappa shape index (κ2) is 12.6. The summed E-state index contributed by atoms with van der Waals surface area (Å²) in [5.74, 6) is 0. The molecule has 0 unspecified atom stereocenters. The number of urea groups is 1. The molecular formula is C28H34ClN5O2. The third-order valence-electron chi connectivity index (χ3n) is 6.43. The number of nitrogens with zero attached hydrogens (tertiary/aromatic N) is 3. The first-order valence-electron chi connectivity index (χ1n) is 12.5. The molecule has 1 saturated heterocycles. The van der Waals surface area contributed by atoms with Crippen molar-refractivity contribution in [1.82, 2.24) is 10.3 Å². The number of carbonyl (C=O) groups excluding carboxylic acids is 1. The number of nitrogens with one attached hydrogen (secondary N) is 2. The topological polar surface area (TPSA) is 69.2 Å². The van der Waals surface area contributed by atoms with Gasteiger partial charge in [-0.1, -0.05) is 29.8 Å². The van der Waals surface area contributed by atoms with E-state index >= 15 is 0 Å². The van der Waals surface area contributed by atoms with E-state index in [1.165, 1.54) is 22.5 Å². The van der Waals surface area contributed by atoms with Crippen LogP contribution in [0.3, 0.4) is 0 Å². The lowest BCUT2D eigenvalue weighted by atomic mass is 10.1. The lowest BCUT2D eigenvalue weighted by molar-refractivity contribution is 0.0548. The standard InChI is InChI=1S/C28H34ClN5O2/c1-3-33(4-2)26-12-8-21(9-13-26)18-22-10-11-23(27(22)34-14-16-36-17-15-34)20-30-32-28(35)31-25-7-5-6-24(29)19-25/h5-9,12-13,18-20H,3-4,10-11,14-17H2,1-2H3,(H2,31,32,35)/b22-18-,30-20-. The Morgan fingerprint density at radius 1 is 1.11 bits per heavy atom. The van der Waals surface area contributed by atoms with Crippen molar-refractivity contribution in [2.75, 3.05) is 49.6 Å². The van der Waals surface area contributed by atoms with Crippen LogP contribution in [0.1, 0.15) is 32.3 Å². The number of hydrazone groups is 1. The summed E-state index contributed by atoms with van der Waals surface area (Å²) in [6.07, 6.45) is 5.85. The van der Waals surface area contributed by atoms with Gasteiger partial charge in [0, 0.05) is 48.3 Å². The number of halogens is 1. The summed E-state index contributed by atoms with van der Waals surface area (Å²) in [6, 6.07) is 15.3. The fourth-order valence-corrected chi connectivity index (χ4v) is 4.83. The Labute approximate surface area is 218 Å². The molecular weight excluding hydrogens is 474 g/mol. The van der Waals surface area contributed by atoms with Crippen LogP contribution >= 0.6 is 11.6 Å². The maximum absolute atomic E-state index is 12.3. The molecule has 7 nitrogen and oxygen atoms in total. The quantitative estimate of drug-likeness (QED) is 0.352. The van der Waals surface area contributed by atoms with Crippen LogP contribution in [0.4, 0.5) is 16.2 Å². The highest BCUT2D eigenvalue weighted by molar-refractivity contribution is 6.30. The Balaban J connectivity index is 1.50. The first-order chi connectivity index (χ1) is 17.6. The van der Waals surface area contributed by atoms with Crippen molar-refractivity contribution in [3.8, 4) is 0 Å². The Kier molecular flexibility index (Phi) is 9.03. The number of amides is 2. The van der Waals surface area contributed by atoms with E-state index in [0.29, 0.717) is 23.9 Å². The number of ether oxygens (including phenoxy) is 1. The minimum absolute atomic E-state index is 0.413. The average Bonchev–Trinajstić information content (AvgIpc) is 3.28. The van der Waals surface area contributed by atoms with E-state index in [4.69, 9.17) is 16.3 Å². The molecule has 0 radical (unpaired) electrons. The van der Waals surface area contributed by atoms with Crippen molar-refractivity contribution >= 4 is 41.3 Å². The largest absolute Gasteiger partial charge is 0.378 e. The fourth-order valence-electron chi connectivity index (χ4n) is 4.64. The van der Waals surface area contributed by atoms with Gasteiger partial charge in [-0.2, -0.15) is 5.10 Å². The molecule has 190 valence electrons. The van der Waals surface area contributed by atoms with Crippen LogP contribution in [0.25, 0.3) is 6.08 Å². The van der Waals surface area contributed by atoms with Gasteiger partial charge in [0.1, 0.15) is 0 Å². The fraction of sp³-hybridized carbons (Fsp3) is 0.357. The number of benzene rings is 2. The van der Waals surface area contributed by atoms with Gasteiger partial charge in [-0.3, -0.25) is 0 Å². The summed E-state index contributed by atoms with van der Waals surface area (Å²) in [4.78, 5) is 17.0. The van der Waals surface area contributed by atoms with Crippen LogP contribution in [-0.2, 0) is 4.74 Å². The van der Waals surface area contributed by atoms with Gasteiger partial charge in [0.15, 0.2) is 0 Å². The lowest BCUT2D eigenvalue weighted by Crippen LogP contribution is -2.36. The minimum Gasteiger partial charge on any atom is -0.378 e. The van der Waals surface area contributed by atoms with Gasteiger partial charge >= 0.3 is 6.03 Å². The van der Waals surface area contributed by atoms with Gasteiger partial charge in [0.2, 0.25) is 0 Å². The summed E-state index contributed by atoms with van der Waals surface area (Å²) in [6.45, 7) is 9.44. The predicted octanol–water partition coefficient (Wildman–Crippen LogP) is 5.76. The second-order valence-electron chi connectivity index (χ2n) is 8.74. The Morgan fingerprint density at radius 2 is 1.86 bits per heavy atom. The Bertz CT molecular complexity index is 1130. The molecule has 0 atom stereocenters. The molecule has 36 heavy (non-hydrogen) atoms. The third-order valence-corrected chi connectivity index (χ3v) is 6.67. The van der Waals surface area contributed by atoms with Crippen molar-refractivity contribution in [1.29, 1.82) is 0 Å². The molecule has 2 aliphatic rings. The summed E-state index contributed by atoms with van der Waals surface area (Å²) < 4.78 is 5.59. The smallest absolute Gasteiger partial charge is 0.339 e. The van der Waals surface area contributed by atoms with Crippen LogP contribution in [0.5, 0.6) is 0 Å². The van der Waals surface area contributed by atoms with E-state index in [1.54, 1.807) is 30.5 Å². The number of hydrogen-bond donors (Lipinski definition) is 2. The van der Waals surface area contributed by atoms with Crippen LogP contribution in [0, 0.1) is 0 Å². The molecule has 1 aliphatic carbocycles. The van der Waals surface area contributed by atoms with Crippen LogP contribution in [0.15, 0.2) is 70.5 Å². The summed E-state index contributed by atoms with van der Waals surface area (Å²) in [5, 5.41) is 7.54. The maximum Gasteiger partial charge on any atom is 0.339 e. The molecule has 0 aromatic heterocycles. The molecule has 0 saturated carbocycles. The van der Waals surface area contributed by atoms with Gasteiger partial charge in [0.05, 0.1) is 19.4 Å². The SMILES string of the molecule is CCN(CC)c1ccc(/C=C2/CCC(/C=N\NC(=O)Nc3cccc(Cl)c3)=C2N2CCOCC2)cc1. The summed E-state index contributed by atoms with van der Waals surface area (Å²) >= 11 is 5.99. The van der Waals surface area contributed by atoms with Crippen molar-refractivity contribution in [3.63, 3.8) is 0 Å². The summed E-state index contributed by atoms with van der Waals surface area (Å²) in [7, 11) is 0. The van der Waals surface area contributed by atoms with E-state index in [2.05, 4.69) is 69.8 Å². The van der Waals surface area contributed by atoms with Crippen molar-refractivity contribution in [2.24, 2.45) is 5.10 Å². The number of morpholine rings is 1. The zero-order valence-corrected chi connectivity index (χ0v) is 21.7. The number of rotatable bonds is 8. The normalized spacial score (nSPS) is 17.2. The van der Waals surface area contributed by atoms with Gasteiger partial charge in [-0.15, -0.1) is 0 Å². The minimum atomic E-state index is -0.413. The van der Waals surface area contributed by atoms with E-state index in [1.807, 2.05) is 0 Å². The van der Waals surface area contributed by atoms with E-state index in [0.717, 1.165) is 44.6 Å². The second-order valence-corrected chi connectivity index (χ2v) is 9.18. The molecule has 2 aromatic carbocycles. The summed E-state index contributed by atoms with van der Waals surface area (Å²) in [5.41, 5.74) is 9.21. The number of carbonyl (C=O) groups is 1. The van der Waals surface area contributed by atoms with Gasteiger partial charge in [-0.05, 0) is 79.8 Å². The Morgan fingerprint density at radius 3 is 2.56 bits per heavy atom. The molecule has 2 amide bonds. The molecule has 8 heteroatoms. The zero-order valence-electron chi connectivity index (χ0n) is 21.0. The lowest BCUT2D eigenvalue weighted by Gasteiger charge is -2.31. The Hall–Kier alpha value is -3.29. The van der Waals surface area contributed by atoms with Gasteiger partial charge < -0.3 is 19.9 Å². The average molecular weight is 508 g/mol. The number of allylic oxidation sites excluding steroid dienone is 2. The van der Waals surface area contributed by atoms with Crippen LogP contribution in [-0.4, -0.2) is 56.5 Å². The van der Waals surface area contributed by atoms with Crippen LogP contribution < -0.4 is 15.6 Å². The molecule has 0 bridgehead atoms. The van der Waals surface area contributed by atoms with Gasteiger partial charge in [0.25, 0.3) is 0 Å². The molecule has 0 spiro atoms. The highest BCUT2D eigenvalue weighted by Gasteiger charge is 2.25. The van der Waals surface area contributed by atoms with Crippen molar-refractivity contribution < 1.29 is 9.53 Å². The maximum atomic E-state index is 12.3. The molecule has 1 heterocycles. The van der Waals surface area contributed by atoms with Crippen molar-refractivity contribution in [3.05, 3.63) is 76.0 Å². The van der Waals surface area contributed by atoms with E-state index in [-0.39, 0.29) is 0 Å². The highest BCUT2D eigenvalue weighted by atomic mass is 35.5. The third kappa shape index (κ3) is 6.68. The number of hydrogen-bond acceptors (Lipinski definition) is 5. The molecule has 4 rings (SSSR count). The zero-order chi connectivity index (χ0) is 25.3. The monoisotopic (exact) mass is 507 g/mol. The van der Waals surface area contributed by atoms with E-state index < -0.39 is 6.03 Å². The molecule has 1 aliphatic heterocycles.